The van der Waals surface area contributed by atoms with Crippen LogP contribution in [0.25, 0.3) is 0 Å². The summed E-state index contributed by atoms with van der Waals surface area (Å²) in [4.78, 5) is 20.7. The number of ether oxygens (including phenoxy) is 1. The smallest absolute Gasteiger partial charge is 0.223 e. The highest BCUT2D eigenvalue weighted by atomic mass is 32.1. The summed E-state index contributed by atoms with van der Waals surface area (Å²) >= 11 is 1.73. The summed E-state index contributed by atoms with van der Waals surface area (Å²) in [7, 11) is 0. The van der Waals surface area contributed by atoms with E-state index in [1.807, 2.05) is 5.51 Å². The molecule has 3 atom stereocenters. The lowest BCUT2D eigenvalue weighted by atomic mass is 9.82. The first kappa shape index (κ1) is 16.5. The number of likely N-dealkylation sites (tertiary alicyclic amines) is 1. The number of aryl methyl sites for hydroxylation is 1. The SMILES string of the molecule is Cc1ncsc1CN1C[C@@H]2CCCO[C@@H]2[C@H](NC(=O)C2CCC2)C1. The molecule has 1 aliphatic carbocycles. The van der Waals surface area contributed by atoms with Crippen LogP contribution in [0.3, 0.4) is 0 Å². The van der Waals surface area contributed by atoms with Crippen molar-refractivity contribution in [3.63, 3.8) is 0 Å². The molecule has 0 unspecified atom stereocenters. The average molecular weight is 350 g/mol. The molecule has 5 nitrogen and oxygen atoms in total. The maximum atomic E-state index is 12.5. The van der Waals surface area contributed by atoms with Crippen LogP contribution in [0.1, 0.15) is 42.7 Å². The highest BCUT2D eigenvalue weighted by Crippen LogP contribution is 2.31. The van der Waals surface area contributed by atoms with Gasteiger partial charge in [0.1, 0.15) is 0 Å². The third kappa shape index (κ3) is 3.37. The monoisotopic (exact) mass is 349 g/mol. The van der Waals surface area contributed by atoms with Gasteiger partial charge in [-0.2, -0.15) is 0 Å². The molecule has 0 bridgehead atoms. The summed E-state index contributed by atoms with van der Waals surface area (Å²) in [5, 5.41) is 3.33. The van der Waals surface area contributed by atoms with Crippen LogP contribution in [0, 0.1) is 18.8 Å². The molecule has 0 radical (unpaired) electrons. The first-order valence-corrected chi connectivity index (χ1v) is 10.1. The number of fused-ring (bicyclic) bond motifs is 1. The molecule has 3 aliphatic rings. The van der Waals surface area contributed by atoms with Crippen molar-refractivity contribution < 1.29 is 9.53 Å². The van der Waals surface area contributed by atoms with Crippen LogP contribution in [0.15, 0.2) is 5.51 Å². The van der Waals surface area contributed by atoms with E-state index in [1.165, 1.54) is 17.7 Å². The molecule has 3 fully saturated rings. The van der Waals surface area contributed by atoms with Crippen LogP contribution < -0.4 is 5.32 Å². The second kappa shape index (κ2) is 7.10. The molecule has 1 aromatic heterocycles. The van der Waals surface area contributed by atoms with E-state index in [0.717, 1.165) is 51.2 Å². The molecule has 1 saturated carbocycles. The van der Waals surface area contributed by atoms with E-state index in [1.54, 1.807) is 11.3 Å². The number of carbonyl (C=O) groups excluding carboxylic acids is 1. The van der Waals surface area contributed by atoms with Gasteiger partial charge in [0, 0.05) is 37.0 Å². The van der Waals surface area contributed by atoms with Crippen LogP contribution in [0.4, 0.5) is 0 Å². The maximum absolute atomic E-state index is 12.5. The normalized spacial score (nSPS) is 31.3. The van der Waals surface area contributed by atoms with Crippen molar-refractivity contribution >= 4 is 17.2 Å². The van der Waals surface area contributed by atoms with E-state index in [4.69, 9.17) is 4.74 Å². The van der Waals surface area contributed by atoms with Gasteiger partial charge < -0.3 is 10.1 Å². The first-order chi connectivity index (χ1) is 11.7. The average Bonchev–Trinajstić information content (AvgIpc) is 2.90. The van der Waals surface area contributed by atoms with Crippen molar-refractivity contribution in [1.82, 2.24) is 15.2 Å². The molecule has 3 heterocycles. The minimum atomic E-state index is 0.130. The number of rotatable bonds is 4. The fourth-order valence-electron chi connectivity index (χ4n) is 4.20. The molecule has 0 aromatic carbocycles. The van der Waals surface area contributed by atoms with Gasteiger partial charge in [-0.3, -0.25) is 9.69 Å². The quantitative estimate of drug-likeness (QED) is 0.907. The Morgan fingerprint density at radius 2 is 2.25 bits per heavy atom. The van der Waals surface area contributed by atoms with Crippen LogP contribution in [-0.4, -0.2) is 47.6 Å². The Kier molecular flexibility index (Phi) is 4.88. The van der Waals surface area contributed by atoms with Gasteiger partial charge in [-0.05, 0) is 38.5 Å². The van der Waals surface area contributed by atoms with Gasteiger partial charge in [0.05, 0.1) is 23.4 Å². The van der Waals surface area contributed by atoms with Crippen molar-refractivity contribution in [2.24, 2.45) is 11.8 Å². The van der Waals surface area contributed by atoms with Crippen LogP contribution in [0.5, 0.6) is 0 Å². The van der Waals surface area contributed by atoms with E-state index in [-0.39, 0.29) is 24.0 Å². The van der Waals surface area contributed by atoms with Crippen LogP contribution in [-0.2, 0) is 16.1 Å². The minimum Gasteiger partial charge on any atom is -0.376 e. The van der Waals surface area contributed by atoms with Gasteiger partial charge in [0.2, 0.25) is 5.91 Å². The topological polar surface area (TPSA) is 54.5 Å². The van der Waals surface area contributed by atoms with Gasteiger partial charge in [0.25, 0.3) is 0 Å². The van der Waals surface area contributed by atoms with E-state index >= 15 is 0 Å². The second-order valence-electron chi connectivity index (χ2n) is 7.54. The Labute approximate surface area is 147 Å². The molecule has 0 spiro atoms. The molecule has 24 heavy (non-hydrogen) atoms. The van der Waals surface area contributed by atoms with Crippen molar-refractivity contribution in [2.45, 2.75) is 57.7 Å². The lowest BCUT2D eigenvalue weighted by Gasteiger charge is -2.46. The number of hydrogen-bond acceptors (Lipinski definition) is 5. The lowest BCUT2D eigenvalue weighted by molar-refractivity contribution is -0.134. The Balaban J connectivity index is 1.45. The number of piperidine rings is 1. The van der Waals surface area contributed by atoms with Crippen molar-refractivity contribution in [3.05, 3.63) is 16.1 Å². The summed E-state index contributed by atoms with van der Waals surface area (Å²) in [6, 6.07) is 0.130. The Hall–Kier alpha value is -0.980. The van der Waals surface area contributed by atoms with Crippen molar-refractivity contribution in [3.8, 4) is 0 Å². The first-order valence-electron chi connectivity index (χ1n) is 9.24. The highest BCUT2D eigenvalue weighted by molar-refractivity contribution is 7.09. The molecule has 2 aliphatic heterocycles. The van der Waals surface area contributed by atoms with Crippen LogP contribution in [0.2, 0.25) is 0 Å². The zero-order chi connectivity index (χ0) is 16.5. The van der Waals surface area contributed by atoms with E-state index in [0.29, 0.717) is 5.92 Å². The summed E-state index contributed by atoms with van der Waals surface area (Å²) < 4.78 is 6.08. The Morgan fingerprint density at radius 1 is 1.38 bits per heavy atom. The van der Waals surface area contributed by atoms with Crippen LogP contribution >= 0.6 is 11.3 Å². The number of nitrogens with zero attached hydrogens (tertiary/aromatic N) is 2. The van der Waals surface area contributed by atoms with E-state index in [9.17, 15) is 4.79 Å². The standard InChI is InChI=1S/C18H27N3O2S/c1-12-16(24-11-19-12)10-21-8-14-6-3-7-23-17(14)15(9-21)20-18(22)13-4-2-5-13/h11,13-15,17H,2-10H2,1H3,(H,20,22)/t14-,15+,17-/m0/s1. The largest absolute Gasteiger partial charge is 0.376 e. The Bertz CT molecular complexity index is 587. The molecular formula is C18H27N3O2S. The summed E-state index contributed by atoms with van der Waals surface area (Å²) in [5.74, 6) is 1.02. The number of thiazole rings is 1. The molecule has 6 heteroatoms. The van der Waals surface area contributed by atoms with Gasteiger partial charge in [-0.15, -0.1) is 11.3 Å². The third-order valence-corrected chi connectivity index (χ3v) is 6.77. The third-order valence-electron chi connectivity index (χ3n) is 5.85. The molecule has 2 saturated heterocycles. The number of amides is 1. The predicted molar refractivity (Wildman–Crippen MR) is 93.9 cm³/mol. The second-order valence-corrected chi connectivity index (χ2v) is 8.47. The fourth-order valence-corrected chi connectivity index (χ4v) is 5.02. The fraction of sp³-hybridized carbons (Fsp3) is 0.778. The lowest BCUT2D eigenvalue weighted by Crippen LogP contribution is -2.61. The summed E-state index contributed by atoms with van der Waals surface area (Å²) in [5.41, 5.74) is 3.06. The van der Waals surface area contributed by atoms with Crippen molar-refractivity contribution in [2.75, 3.05) is 19.7 Å². The Morgan fingerprint density at radius 3 is 2.96 bits per heavy atom. The number of carbonyl (C=O) groups is 1. The van der Waals surface area contributed by atoms with Gasteiger partial charge in [0.15, 0.2) is 0 Å². The highest BCUT2D eigenvalue weighted by Gasteiger charge is 2.41. The predicted octanol–water partition coefficient (Wildman–Crippen LogP) is 2.35. The van der Waals surface area contributed by atoms with E-state index < -0.39 is 0 Å². The molecule has 4 rings (SSSR count). The molecule has 1 amide bonds. The van der Waals surface area contributed by atoms with Gasteiger partial charge in [-0.1, -0.05) is 6.42 Å². The van der Waals surface area contributed by atoms with Gasteiger partial charge >= 0.3 is 0 Å². The molecule has 1 aromatic rings. The summed E-state index contributed by atoms with van der Waals surface area (Å²) in [6.07, 6.45) is 5.84. The molecule has 132 valence electrons. The number of hydrogen-bond donors (Lipinski definition) is 1. The zero-order valence-corrected chi connectivity index (χ0v) is 15.2. The minimum absolute atomic E-state index is 0.130. The number of nitrogens with one attached hydrogen (secondary N) is 1. The van der Waals surface area contributed by atoms with Crippen molar-refractivity contribution in [1.29, 1.82) is 0 Å². The maximum Gasteiger partial charge on any atom is 0.223 e. The molecule has 1 N–H and O–H groups in total. The zero-order valence-electron chi connectivity index (χ0n) is 14.4. The molecular weight excluding hydrogens is 322 g/mol. The summed E-state index contributed by atoms with van der Waals surface area (Å²) in [6.45, 7) is 5.81. The van der Waals surface area contributed by atoms with Gasteiger partial charge in [-0.25, -0.2) is 4.98 Å². The van der Waals surface area contributed by atoms with E-state index in [2.05, 4.69) is 22.1 Å². The number of aromatic nitrogens is 1.